The smallest absolute Gasteiger partial charge is 0.277 e. The van der Waals surface area contributed by atoms with Gasteiger partial charge in [0.1, 0.15) is 0 Å². The van der Waals surface area contributed by atoms with Crippen molar-refractivity contribution in [2.45, 2.75) is 0 Å². The van der Waals surface area contributed by atoms with Gasteiger partial charge in [-0.3, -0.25) is 9.78 Å². The van der Waals surface area contributed by atoms with Gasteiger partial charge in [0.25, 0.3) is 5.91 Å². The lowest BCUT2D eigenvalue weighted by molar-refractivity contribution is 0.101. The molecule has 1 aliphatic rings. The highest BCUT2D eigenvalue weighted by Crippen LogP contribution is 2.29. The van der Waals surface area contributed by atoms with E-state index in [0.717, 1.165) is 32.3 Å². The number of fused-ring (bicyclic) bond motifs is 2. The number of anilines is 2. The number of pyridine rings is 1. The molecule has 2 heterocycles. The maximum absolute atomic E-state index is 11.7. The molecule has 1 aliphatic heterocycles. The van der Waals surface area contributed by atoms with Crippen LogP contribution in [-0.2, 0) is 0 Å². The molecule has 22 heavy (non-hydrogen) atoms. The van der Waals surface area contributed by atoms with Crippen molar-refractivity contribution in [1.82, 2.24) is 4.98 Å². The molecule has 1 aromatic heterocycles. The van der Waals surface area contributed by atoms with E-state index in [4.69, 9.17) is 0 Å². The first-order valence-corrected chi connectivity index (χ1v) is 7.54. The summed E-state index contributed by atoms with van der Waals surface area (Å²) in [5, 5.41) is 4.37. The number of rotatable bonds is 2. The van der Waals surface area contributed by atoms with Crippen LogP contribution in [-0.4, -0.2) is 17.1 Å². The van der Waals surface area contributed by atoms with Crippen molar-refractivity contribution in [3.05, 3.63) is 64.3 Å². The van der Waals surface area contributed by atoms with Gasteiger partial charge in [-0.05, 0) is 36.4 Å². The second-order valence-corrected chi connectivity index (χ2v) is 5.93. The molecule has 0 saturated carbocycles. The molecule has 3 aromatic rings. The maximum atomic E-state index is 11.7. The number of hydrogen-bond acceptors (Lipinski definition) is 3. The first kappa shape index (κ1) is 13.2. The third kappa shape index (κ3) is 2.19. The zero-order valence-corrected chi connectivity index (χ0v) is 13.0. The Balaban J connectivity index is 1.77. The number of aliphatic imine (C=N–C) groups is 1. The van der Waals surface area contributed by atoms with Gasteiger partial charge in [0.15, 0.2) is 0 Å². The van der Waals surface area contributed by atoms with Gasteiger partial charge in [0.05, 0.1) is 11.1 Å². The average molecular weight is 352 g/mol. The second-order valence-electron chi connectivity index (χ2n) is 5.01. The molecular weight excluding hydrogens is 342 g/mol. The van der Waals surface area contributed by atoms with E-state index >= 15 is 0 Å². The van der Waals surface area contributed by atoms with Gasteiger partial charge in [-0.1, -0.05) is 22.0 Å². The Morgan fingerprint density at radius 3 is 2.86 bits per heavy atom. The molecule has 0 radical (unpaired) electrons. The molecule has 4 nitrogen and oxygen atoms in total. The van der Waals surface area contributed by atoms with Crippen LogP contribution in [0.25, 0.3) is 10.9 Å². The van der Waals surface area contributed by atoms with Crippen molar-refractivity contribution < 1.29 is 4.79 Å². The Bertz CT molecular complexity index is 950. The van der Waals surface area contributed by atoms with E-state index in [1.807, 2.05) is 42.5 Å². The summed E-state index contributed by atoms with van der Waals surface area (Å²) in [6.07, 6.45) is 3.36. The third-order valence-corrected chi connectivity index (χ3v) is 4.08. The van der Waals surface area contributed by atoms with Crippen molar-refractivity contribution in [3.8, 4) is 0 Å². The number of aromatic nitrogens is 1. The van der Waals surface area contributed by atoms with Crippen LogP contribution in [0.5, 0.6) is 0 Å². The Hall–Kier alpha value is -2.53. The Labute approximate surface area is 135 Å². The molecule has 0 spiro atoms. The van der Waals surface area contributed by atoms with Gasteiger partial charge in [-0.15, -0.1) is 0 Å². The van der Waals surface area contributed by atoms with E-state index in [1.54, 1.807) is 12.4 Å². The number of hydrogen-bond donors (Lipinski definition) is 1. The molecular formula is C17H10BrN3O. The lowest BCUT2D eigenvalue weighted by Gasteiger charge is -2.10. The number of benzene rings is 2. The lowest BCUT2D eigenvalue weighted by atomic mass is 10.1. The fourth-order valence-electron chi connectivity index (χ4n) is 2.51. The monoisotopic (exact) mass is 351 g/mol. The van der Waals surface area contributed by atoms with Crippen molar-refractivity contribution >= 4 is 50.3 Å². The highest BCUT2D eigenvalue weighted by Gasteiger charge is 2.15. The van der Waals surface area contributed by atoms with Gasteiger partial charge >= 0.3 is 0 Å². The molecule has 1 amide bonds. The topological polar surface area (TPSA) is 54.4 Å². The molecule has 0 atom stereocenters. The zero-order chi connectivity index (χ0) is 15.1. The molecule has 0 fully saturated rings. The summed E-state index contributed by atoms with van der Waals surface area (Å²) >= 11 is 3.48. The molecule has 2 aromatic carbocycles. The molecule has 106 valence electrons. The Morgan fingerprint density at radius 1 is 1.05 bits per heavy atom. The van der Waals surface area contributed by atoms with Gasteiger partial charge in [0.2, 0.25) is 0 Å². The summed E-state index contributed by atoms with van der Waals surface area (Å²) in [7, 11) is 0. The van der Waals surface area contributed by atoms with Crippen LogP contribution in [0.2, 0.25) is 0 Å². The van der Waals surface area contributed by atoms with Crippen LogP contribution in [0, 0.1) is 0 Å². The summed E-state index contributed by atoms with van der Waals surface area (Å²) in [6, 6.07) is 13.5. The minimum Gasteiger partial charge on any atom is -0.355 e. The maximum Gasteiger partial charge on any atom is 0.277 e. The summed E-state index contributed by atoms with van der Waals surface area (Å²) < 4.78 is 0.994. The fraction of sp³-hybridized carbons (Fsp3) is 0. The van der Waals surface area contributed by atoms with Crippen LogP contribution >= 0.6 is 15.9 Å². The highest BCUT2D eigenvalue weighted by atomic mass is 79.9. The number of nitrogens with zero attached hydrogens (tertiary/aromatic N) is 2. The van der Waals surface area contributed by atoms with E-state index in [1.165, 1.54) is 0 Å². The summed E-state index contributed by atoms with van der Waals surface area (Å²) in [4.78, 5) is 19.9. The molecule has 0 bridgehead atoms. The SMILES string of the molecule is O=C1N=Cc2ccc(Nc3ccnc4ccc(Br)cc34)cc21. The van der Waals surface area contributed by atoms with Crippen molar-refractivity contribution in [3.63, 3.8) is 0 Å². The van der Waals surface area contributed by atoms with Gasteiger partial charge in [-0.25, -0.2) is 4.99 Å². The molecule has 0 unspecified atom stereocenters. The molecule has 0 aliphatic carbocycles. The molecule has 4 rings (SSSR count). The number of carbonyl (C=O) groups is 1. The van der Waals surface area contributed by atoms with E-state index in [-0.39, 0.29) is 5.91 Å². The largest absolute Gasteiger partial charge is 0.355 e. The first-order chi connectivity index (χ1) is 10.7. The third-order valence-electron chi connectivity index (χ3n) is 3.59. The second kappa shape index (κ2) is 5.03. The predicted octanol–water partition coefficient (Wildman–Crippen LogP) is 4.31. The van der Waals surface area contributed by atoms with Crippen molar-refractivity contribution in [2.24, 2.45) is 4.99 Å². The summed E-state index contributed by atoms with van der Waals surface area (Å²) in [5.41, 5.74) is 4.19. The highest BCUT2D eigenvalue weighted by molar-refractivity contribution is 9.10. The number of amides is 1. The minimum absolute atomic E-state index is 0.194. The number of nitrogens with one attached hydrogen (secondary N) is 1. The average Bonchev–Trinajstić information content (AvgIpc) is 2.89. The van der Waals surface area contributed by atoms with Gasteiger partial charge in [0, 0.05) is 39.2 Å². The molecule has 1 N–H and O–H groups in total. The Kier molecular flexibility index (Phi) is 3.01. The Morgan fingerprint density at radius 2 is 1.95 bits per heavy atom. The summed E-state index contributed by atoms with van der Waals surface area (Å²) in [5.74, 6) is -0.194. The van der Waals surface area contributed by atoms with Crippen molar-refractivity contribution in [2.75, 3.05) is 5.32 Å². The molecule has 5 heteroatoms. The lowest BCUT2D eigenvalue weighted by Crippen LogP contribution is -1.97. The number of carbonyl (C=O) groups excluding carboxylic acids is 1. The molecule has 0 saturated heterocycles. The normalized spacial score (nSPS) is 12.7. The van der Waals surface area contributed by atoms with Gasteiger partial charge < -0.3 is 5.32 Å². The fourth-order valence-corrected chi connectivity index (χ4v) is 2.87. The van der Waals surface area contributed by atoms with Crippen LogP contribution in [0.1, 0.15) is 15.9 Å². The van der Waals surface area contributed by atoms with Gasteiger partial charge in [-0.2, -0.15) is 0 Å². The first-order valence-electron chi connectivity index (χ1n) is 6.74. The van der Waals surface area contributed by atoms with Crippen LogP contribution in [0.4, 0.5) is 11.4 Å². The van der Waals surface area contributed by atoms with Crippen LogP contribution in [0.3, 0.4) is 0 Å². The summed E-state index contributed by atoms with van der Waals surface area (Å²) in [6.45, 7) is 0. The van der Waals surface area contributed by atoms with E-state index < -0.39 is 0 Å². The quantitative estimate of drug-likeness (QED) is 0.748. The number of halogens is 1. The van der Waals surface area contributed by atoms with E-state index in [0.29, 0.717) is 5.56 Å². The van der Waals surface area contributed by atoms with Crippen molar-refractivity contribution in [1.29, 1.82) is 0 Å². The zero-order valence-electron chi connectivity index (χ0n) is 11.4. The standard InChI is InChI=1S/C17H10BrN3O/c18-11-2-4-15-14(7-11)16(5-6-19-15)21-12-3-1-10-9-20-17(22)13(10)8-12/h1-9H,(H,19,21). The van der Waals surface area contributed by atoms with E-state index in [2.05, 4.69) is 31.2 Å². The minimum atomic E-state index is -0.194. The van der Waals surface area contributed by atoms with Crippen LogP contribution in [0.15, 0.2) is 58.1 Å². The van der Waals surface area contributed by atoms with E-state index in [9.17, 15) is 4.79 Å². The van der Waals surface area contributed by atoms with Crippen LogP contribution < -0.4 is 5.32 Å². The predicted molar refractivity (Wildman–Crippen MR) is 91.1 cm³/mol.